The average Bonchev–Trinajstić information content (AvgIpc) is 1.53. The van der Waals surface area contributed by atoms with E-state index in [0.717, 1.165) is 67.5 Å². The zero-order valence-corrected chi connectivity index (χ0v) is 59.6. The smallest absolute Gasteiger partial charge is 0.508 e. The molecule has 2 unspecified atom stereocenters. The van der Waals surface area contributed by atoms with Crippen LogP contribution in [0.5, 0.6) is 23.0 Å². The van der Waals surface area contributed by atoms with Crippen LogP contribution in [0.2, 0.25) is 20.1 Å². The van der Waals surface area contributed by atoms with Crippen molar-refractivity contribution in [3.8, 4) is 23.0 Å². The first-order chi connectivity index (χ1) is 47.7. The number of nitrogens with one attached hydrogen (secondary N) is 3. The SMILES string of the molecule is CC(O)O.Cc1c(Cl)ccc2c1NC(=O)C2(O)c1ccc(OC(F)(F)F)cc1.Cc1c(Cl)ccc2c1NC(=O)C2=O.Cc1c(N)cccc1Cl.Cc1ccc(C2(c3ccc(O)cc3)C(=O)Nc3c2ccc(Cl)c3C)cc1.FC(F)(F)Oc1ccc(Br)cc1.O=S(=O)(O)C(F)(F)F.Oc1ccccc1. The fraction of sp³-hybridized carbons (Fsp3) is 0.171. The number of aliphatic hydroxyl groups excluding tert-OH is 1. The maximum absolute atomic E-state index is 13.4. The number of benzene rings is 9. The summed E-state index contributed by atoms with van der Waals surface area (Å²) < 4.78 is 137. The molecule has 33 heteroatoms. The molecule has 12 rings (SSSR count). The summed E-state index contributed by atoms with van der Waals surface area (Å²) >= 11 is 26.9. The molecule has 9 aromatic carbocycles. The standard InChI is InChI=1S/C22H18ClNO2.C16H11ClF3NO3.C9H6ClNO2.C7H4BrF3O.C7H8ClN.C6H6O.C2H6O2.CHF3O3S/c1-13-3-5-15(6-4-13)22(16-7-9-17(25)10-8-16)18-11-12-19(23)14(2)20(18)24-21(22)26;1-8-12(17)7-6-11-13(8)21-14(22)15(11,23)9-2-4-10(5-3-9)24-16(18,19)20;1-4-6(10)3-2-5-7(4)11-9(13)8(5)12;8-5-1-3-6(4-2-5)12-7(9,10)11;1-5-6(8)3-2-4-7(5)9;7-6-4-2-1-3-5-6;1-2(3)4;2-1(3,4)8(5,6)7/h3-12,25H,1-2H3,(H,24,26);2-7,23H,1H3,(H,21,22);2-3H,1H3,(H,11,12,13);1-4H;2-4H,9H2,1H3;1-5,7H;2-4H,1H3;(H,5,6,7). The van der Waals surface area contributed by atoms with E-state index in [-0.39, 0.29) is 23.0 Å². The number of aryl methyl sites for hydroxylation is 1. The van der Waals surface area contributed by atoms with Gasteiger partial charge in [-0.1, -0.05) is 153 Å². The van der Waals surface area contributed by atoms with Gasteiger partial charge in [-0.3, -0.25) is 23.7 Å². The van der Waals surface area contributed by atoms with Crippen molar-refractivity contribution >= 4 is 119 Å². The highest BCUT2D eigenvalue weighted by molar-refractivity contribution is 9.10. The highest BCUT2D eigenvalue weighted by Gasteiger charge is 2.51. The van der Waals surface area contributed by atoms with Crippen molar-refractivity contribution in [1.82, 2.24) is 0 Å². The van der Waals surface area contributed by atoms with Crippen molar-refractivity contribution in [1.29, 1.82) is 0 Å². The van der Waals surface area contributed by atoms with Gasteiger partial charge in [-0.15, -0.1) is 26.3 Å². The first-order valence-corrected chi connectivity index (χ1v) is 33.0. The molecule has 0 bridgehead atoms. The summed E-state index contributed by atoms with van der Waals surface area (Å²) in [6, 6.07) is 48.9. The van der Waals surface area contributed by atoms with Crippen LogP contribution in [0.15, 0.2) is 186 Å². The number of nitrogens with two attached hydrogens (primary N) is 1. The van der Waals surface area contributed by atoms with Crippen molar-refractivity contribution in [2.45, 2.75) is 77.1 Å². The Morgan fingerprint density at radius 1 is 0.495 bits per heavy atom. The highest BCUT2D eigenvalue weighted by Crippen LogP contribution is 2.50. The van der Waals surface area contributed by atoms with Crippen molar-refractivity contribution < 1.29 is 107 Å². The molecular formula is C70H60BrCl4F9N4O14S. The minimum atomic E-state index is -5.84. The van der Waals surface area contributed by atoms with Gasteiger partial charge in [0.05, 0.1) is 22.6 Å². The van der Waals surface area contributed by atoms with Crippen molar-refractivity contribution in [3.05, 3.63) is 268 Å². The second-order valence-electron chi connectivity index (χ2n) is 21.8. The second kappa shape index (κ2) is 35.4. The number of carbonyl (C=O) groups excluding carboxylic acids is 4. The van der Waals surface area contributed by atoms with Gasteiger partial charge in [-0.05, 0) is 178 Å². The molecule has 3 amide bonds. The molecule has 18 nitrogen and oxygen atoms in total. The van der Waals surface area contributed by atoms with Crippen molar-refractivity contribution in [2.24, 2.45) is 0 Å². The normalized spacial score (nSPS) is 15.3. The van der Waals surface area contributed by atoms with Gasteiger partial charge in [0.2, 0.25) is 5.91 Å². The number of Topliss-reactive ketones (excluding diaryl/α,β-unsaturated/α-hetero) is 1. The van der Waals surface area contributed by atoms with Gasteiger partial charge in [0.25, 0.3) is 17.6 Å². The molecule has 3 aliphatic rings. The van der Waals surface area contributed by atoms with Gasteiger partial charge in [-0.2, -0.15) is 21.6 Å². The predicted molar refractivity (Wildman–Crippen MR) is 375 cm³/mol. The molecule has 0 fully saturated rings. The van der Waals surface area contributed by atoms with E-state index >= 15 is 0 Å². The van der Waals surface area contributed by atoms with Crippen LogP contribution in [-0.4, -0.2) is 86.5 Å². The Bertz CT molecular complexity index is 4540. The number of alkyl halides is 9. The van der Waals surface area contributed by atoms with E-state index in [9.17, 15) is 68.9 Å². The maximum atomic E-state index is 13.4. The molecule has 0 aliphatic carbocycles. The number of anilines is 4. The van der Waals surface area contributed by atoms with Gasteiger partial charge in [0, 0.05) is 41.4 Å². The quantitative estimate of drug-likeness (QED) is 0.0191. The van der Waals surface area contributed by atoms with Crippen molar-refractivity contribution in [2.75, 3.05) is 21.7 Å². The Balaban J connectivity index is 0.000000226. The zero-order valence-electron chi connectivity index (χ0n) is 54.1. The number of nitrogen functional groups attached to an aromatic ring is 1. The third-order valence-electron chi connectivity index (χ3n) is 14.5. The first-order valence-electron chi connectivity index (χ1n) is 29.2. The van der Waals surface area contributed by atoms with Crippen LogP contribution in [0, 0.1) is 34.6 Å². The average molecular weight is 1610 g/mol. The minimum absolute atomic E-state index is 0.118. The number of halogens is 14. The number of ether oxygens (including phenoxy) is 2. The van der Waals surface area contributed by atoms with Crippen LogP contribution in [0.4, 0.5) is 62.3 Å². The molecule has 0 saturated heterocycles. The van der Waals surface area contributed by atoms with E-state index in [1.807, 2.05) is 81.4 Å². The summed E-state index contributed by atoms with van der Waals surface area (Å²) in [7, 11) is -5.84. The number of phenols is 2. The highest BCUT2D eigenvalue weighted by atomic mass is 79.9. The van der Waals surface area contributed by atoms with E-state index in [1.165, 1.54) is 49.4 Å². The largest absolute Gasteiger partial charge is 0.573 e. The van der Waals surface area contributed by atoms with Gasteiger partial charge < -0.3 is 56.7 Å². The number of carbonyl (C=O) groups is 4. The molecule has 0 radical (unpaired) electrons. The summed E-state index contributed by atoms with van der Waals surface area (Å²) in [5, 5.41) is 54.9. The molecule has 0 spiro atoms. The summed E-state index contributed by atoms with van der Waals surface area (Å²) in [5.41, 5.74) is 7.10. The molecular weight excluding hydrogens is 1550 g/mol. The molecule has 3 heterocycles. The predicted octanol–water partition coefficient (Wildman–Crippen LogP) is 17.1. The Morgan fingerprint density at radius 2 is 0.883 bits per heavy atom. The van der Waals surface area contributed by atoms with Crippen LogP contribution >= 0.6 is 62.3 Å². The Morgan fingerprint density at radius 3 is 1.31 bits per heavy atom. The molecule has 2 atom stereocenters. The molecule has 103 heavy (non-hydrogen) atoms. The van der Waals surface area contributed by atoms with E-state index in [2.05, 4.69) is 41.4 Å². The number of rotatable bonds is 5. The van der Waals surface area contributed by atoms with Crippen LogP contribution in [0.1, 0.15) is 72.9 Å². The summed E-state index contributed by atoms with van der Waals surface area (Å²) in [6.07, 6.45) is -10.6. The minimum Gasteiger partial charge on any atom is -0.508 e. The Kier molecular flexibility index (Phi) is 29.0. The number of amides is 3. The van der Waals surface area contributed by atoms with E-state index < -0.39 is 69.0 Å². The summed E-state index contributed by atoms with van der Waals surface area (Å²) in [6.45, 7) is 10.6. The molecule has 11 N–H and O–H groups in total. The second-order valence-corrected chi connectivity index (χ2v) is 25.7. The lowest BCUT2D eigenvalue weighted by atomic mass is 9.70. The topological polar surface area (TPSA) is 304 Å². The molecule has 3 aliphatic heterocycles. The number of fused-ring (bicyclic) bond motifs is 3. The fourth-order valence-corrected chi connectivity index (χ4v) is 10.3. The zero-order chi connectivity index (χ0) is 77.5. The van der Waals surface area contributed by atoms with Crippen LogP contribution in [-0.2, 0) is 35.5 Å². The third-order valence-corrected chi connectivity index (χ3v) is 17.3. The number of hydrogen-bond acceptors (Lipinski definition) is 14. The van der Waals surface area contributed by atoms with E-state index in [4.69, 9.17) is 80.4 Å². The lowest BCUT2D eigenvalue weighted by Gasteiger charge is -2.29. The number of para-hydroxylation sites is 1. The number of phenolic OH excluding ortho intramolecular Hbond substituents is 2. The molecule has 9 aromatic rings. The van der Waals surface area contributed by atoms with Crippen LogP contribution in [0.3, 0.4) is 0 Å². The van der Waals surface area contributed by atoms with Crippen molar-refractivity contribution in [3.63, 3.8) is 0 Å². The number of ketones is 1. The lowest BCUT2D eigenvalue weighted by molar-refractivity contribution is -0.275. The summed E-state index contributed by atoms with van der Waals surface area (Å²) in [5.74, 6) is -2.07. The maximum Gasteiger partial charge on any atom is 0.573 e. The molecule has 0 aromatic heterocycles. The Hall–Kier alpha value is -9.14. The monoisotopic (exact) mass is 1600 g/mol. The third kappa shape index (κ3) is 22.4. The lowest BCUT2D eigenvalue weighted by Crippen LogP contribution is -2.37. The van der Waals surface area contributed by atoms with Crippen LogP contribution in [0.25, 0.3) is 0 Å². The summed E-state index contributed by atoms with van der Waals surface area (Å²) in [4.78, 5) is 47.9. The van der Waals surface area contributed by atoms with Crippen LogP contribution < -0.4 is 31.2 Å². The molecule has 548 valence electrons. The van der Waals surface area contributed by atoms with E-state index in [0.29, 0.717) is 53.4 Å². The van der Waals surface area contributed by atoms with Gasteiger partial charge in [0.15, 0.2) is 5.60 Å². The number of aromatic hydroxyl groups is 2. The Labute approximate surface area is 611 Å². The fourth-order valence-electron chi connectivity index (χ4n) is 9.42. The van der Waals surface area contributed by atoms with E-state index in [1.54, 1.807) is 80.6 Å². The molecule has 0 saturated carbocycles. The van der Waals surface area contributed by atoms with Gasteiger partial charge in [0.1, 0.15) is 34.7 Å². The van der Waals surface area contributed by atoms with Gasteiger partial charge in [-0.25, -0.2) is 0 Å². The number of aliphatic hydroxyl groups is 3. The number of hydrogen-bond donors (Lipinski definition) is 10. The van der Waals surface area contributed by atoms with Gasteiger partial charge >= 0.3 is 28.4 Å². The first kappa shape index (κ1) is 84.5.